The number of nitrogens with two attached hydrogens (primary N) is 1. The molecule has 0 bridgehead atoms. The van der Waals surface area contributed by atoms with Gasteiger partial charge in [-0.3, -0.25) is 0 Å². The second-order valence-corrected chi connectivity index (χ2v) is 3.05. The van der Waals surface area contributed by atoms with Gasteiger partial charge in [0.1, 0.15) is 10.8 Å². The highest BCUT2D eigenvalue weighted by Gasteiger charge is 2.34. The first-order valence-corrected chi connectivity index (χ1v) is 4.40. The summed E-state index contributed by atoms with van der Waals surface area (Å²) >= 11 is 5.54. The molecule has 1 rings (SSSR count). The minimum Gasteiger partial charge on any atom is -0.477 e. The zero-order valence-corrected chi connectivity index (χ0v) is 8.49. The van der Waals surface area contributed by atoms with Crippen LogP contribution in [0.1, 0.15) is 12.5 Å². The molecule has 1 aromatic rings. The molecule has 2 N–H and O–H groups in total. The van der Waals surface area contributed by atoms with Crippen molar-refractivity contribution >= 4 is 17.4 Å². The molecule has 0 aliphatic carbocycles. The number of halogens is 4. The third-order valence-electron chi connectivity index (χ3n) is 1.56. The summed E-state index contributed by atoms with van der Waals surface area (Å²) in [4.78, 5) is 3.43. The van der Waals surface area contributed by atoms with Crippen LogP contribution < -0.4 is 10.5 Å². The Morgan fingerprint density at radius 3 is 2.60 bits per heavy atom. The van der Waals surface area contributed by atoms with Crippen LogP contribution in [0.4, 0.5) is 19.0 Å². The first-order valence-electron chi connectivity index (χ1n) is 4.02. The second-order valence-electron chi connectivity index (χ2n) is 2.64. The largest absolute Gasteiger partial charge is 0.477 e. The van der Waals surface area contributed by atoms with Crippen LogP contribution in [-0.2, 0) is 6.18 Å². The van der Waals surface area contributed by atoms with E-state index in [4.69, 9.17) is 22.1 Å². The first kappa shape index (κ1) is 11.9. The highest BCUT2D eigenvalue weighted by Crippen LogP contribution is 2.36. The quantitative estimate of drug-likeness (QED) is 0.865. The lowest BCUT2D eigenvalue weighted by Gasteiger charge is -2.11. The van der Waals surface area contributed by atoms with E-state index in [1.807, 2.05) is 0 Å². The molecule has 0 aliphatic heterocycles. The van der Waals surface area contributed by atoms with Crippen molar-refractivity contribution in [1.82, 2.24) is 4.98 Å². The third kappa shape index (κ3) is 2.65. The molecule has 0 saturated heterocycles. The van der Waals surface area contributed by atoms with Crippen LogP contribution in [-0.4, -0.2) is 11.6 Å². The van der Waals surface area contributed by atoms with Gasteiger partial charge in [0.2, 0.25) is 5.88 Å². The predicted molar refractivity (Wildman–Crippen MR) is 49.8 cm³/mol. The number of pyridine rings is 1. The Morgan fingerprint density at radius 2 is 2.13 bits per heavy atom. The molecule has 0 saturated carbocycles. The summed E-state index contributed by atoms with van der Waals surface area (Å²) in [5.41, 5.74) is 4.08. The van der Waals surface area contributed by atoms with Crippen LogP contribution in [0.15, 0.2) is 6.07 Å². The lowest BCUT2D eigenvalue weighted by atomic mass is 10.2. The smallest absolute Gasteiger partial charge is 0.419 e. The topological polar surface area (TPSA) is 48.1 Å². The summed E-state index contributed by atoms with van der Waals surface area (Å²) in [7, 11) is 0. The van der Waals surface area contributed by atoms with E-state index in [9.17, 15) is 13.2 Å². The molecule has 0 radical (unpaired) electrons. The average Bonchev–Trinajstić information content (AvgIpc) is 2.09. The Kier molecular flexibility index (Phi) is 3.28. The van der Waals surface area contributed by atoms with Gasteiger partial charge in [0.05, 0.1) is 12.2 Å². The van der Waals surface area contributed by atoms with Crippen molar-refractivity contribution < 1.29 is 17.9 Å². The van der Waals surface area contributed by atoms with Gasteiger partial charge in [-0.25, -0.2) is 0 Å². The lowest BCUT2D eigenvalue weighted by molar-refractivity contribution is -0.137. The van der Waals surface area contributed by atoms with Crippen LogP contribution in [0.3, 0.4) is 0 Å². The molecule has 0 atom stereocenters. The summed E-state index contributed by atoms with van der Waals surface area (Å²) in [6.45, 7) is 1.91. The molecule has 7 heteroatoms. The fraction of sp³-hybridized carbons (Fsp3) is 0.375. The van der Waals surface area contributed by atoms with Gasteiger partial charge in [-0.15, -0.1) is 0 Å². The standard InChI is InChI=1S/C8H8ClF3N2O/c1-2-15-7-5(9)3-4(6(13)14-7)8(10,11)12/h3H,2H2,1H3,(H2,13,14). The van der Waals surface area contributed by atoms with Crippen molar-refractivity contribution in [3.8, 4) is 5.88 Å². The number of nitrogens with zero attached hydrogens (tertiary/aromatic N) is 1. The number of anilines is 1. The number of rotatable bonds is 2. The molecule has 0 spiro atoms. The van der Waals surface area contributed by atoms with E-state index in [0.29, 0.717) is 6.07 Å². The van der Waals surface area contributed by atoms with Crippen molar-refractivity contribution in [2.75, 3.05) is 12.3 Å². The molecule has 0 aromatic carbocycles. The number of hydrogen-bond acceptors (Lipinski definition) is 3. The zero-order chi connectivity index (χ0) is 11.6. The predicted octanol–water partition coefficient (Wildman–Crippen LogP) is 2.73. The maximum atomic E-state index is 12.3. The third-order valence-corrected chi connectivity index (χ3v) is 1.83. The number of alkyl halides is 3. The molecule has 1 aromatic heterocycles. The van der Waals surface area contributed by atoms with E-state index in [-0.39, 0.29) is 17.5 Å². The Balaban J connectivity index is 3.20. The van der Waals surface area contributed by atoms with Crippen molar-refractivity contribution in [2.24, 2.45) is 0 Å². The van der Waals surface area contributed by atoms with Gasteiger partial charge in [-0.05, 0) is 13.0 Å². The van der Waals surface area contributed by atoms with Gasteiger partial charge in [-0.2, -0.15) is 18.2 Å². The van der Waals surface area contributed by atoms with E-state index in [1.54, 1.807) is 6.92 Å². The van der Waals surface area contributed by atoms with Crippen molar-refractivity contribution in [3.05, 3.63) is 16.7 Å². The second kappa shape index (κ2) is 4.14. The van der Waals surface area contributed by atoms with Crippen molar-refractivity contribution in [3.63, 3.8) is 0 Å². The SMILES string of the molecule is CCOc1nc(N)c(C(F)(F)F)cc1Cl. The van der Waals surface area contributed by atoms with Gasteiger partial charge in [0, 0.05) is 0 Å². The lowest BCUT2D eigenvalue weighted by Crippen LogP contribution is -2.11. The Labute approximate surface area is 89.0 Å². The number of hydrogen-bond donors (Lipinski definition) is 1. The highest BCUT2D eigenvalue weighted by molar-refractivity contribution is 6.32. The summed E-state index contributed by atoms with van der Waals surface area (Å²) in [6.07, 6.45) is -4.56. The van der Waals surface area contributed by atoms with Gasteiger partial charge in [0.15, 0.2) is 0 Å². The zero-order valence-electron chi connectivity index (χ0n) is 7.73. The minimum atomic E-state index is -4.56. The van der Waals surface area contributed by atoms with Crippen LogP contribution in [0.25, 0.3) is 0 Å². The minimum absolute atomic E-state index is 0.0929. The summed E-state index contributed by atoms with van der Waals surface area (Å²) in [6, 6.07) is 0.703. The Morgan fingerprint density at radius 1 is 1.53 bits per heavy atom. The van der Waals surface area contributed by atoms with Crippen LogP contribution >= 0.6 is 11.6 Å². The van der Waals surface area contributed by atoms with Gasteiger partial charge in [0.25, 0.3) is 0 Å². The normalized spacial score (nSPS) is 11.5. The number of ether oxygens (including phenoxy) is 1. The monoisotopic (exact) mass is 240 g/mol. The van der Waals surface area contributed by atoms with Gasteiger partial charge in [-0.1, -0.05) is 11.6 Å². The van der Waals surface area contributed by atoms with E-state index >= 15 is 0 Å². The molecule has 0 aliphatic rings. The van der Waals surface area contributed by atoms with Crippen LogP contribution in [0.5, 0.6) is 5.88 Å². The van der Waals surface area contributed by atoms with Gasteiger partial charge < -0.3 is 10.5 Å². The molecular weight excluding hydrogens is 233 g/mol. The van der Waals surface area contributed by atoms with E-state index < -0.39 is 17.6 Å². The van der Waals surface area contributed by atoms with Crippen LogP contribution in [0.2, 0.25) is 5.02 Å². The van der Waals surface area contributed by atoms with Gasteiger partial charge >= 0.3 is 6.18 Å². The molecule has 0 amide bonds. The summed E-state index contributed by atoms with van der Waals surface area (Å²) in [5, 5.41) is -0.210. The Bertz CT molecular complexity index is 368. The summed E-state index contributed by atoms with van der Waals surface area (Å²) < 4.78 is 41.9. The molecule has 0 fully saturated rings. The molecule has 15 heavy (non-hydrogen) atoms. The van der Waals surface area contributed by atoms with Crippen LogP contribution in [0, 0.1) is 0 Å². The molecule has 1 heterocycles. The highest BCUT2D eigenvalue weighted by atomic mass is 35.5. The number of nitrogen functional groups attached to an aromatic ring is 1. The van der Waals surface area contributed by atoms with E-state index in [1.165, 1.54) is 0 Å². The Hall–Kier alpha value is -1.17. The first-order chi connectivity index (χ1) is 6.86. The van der Waals surface area contributed by atoms with E-state index in [2.05, 4.69) is 4.98 Å². The fourth-order valence-electron chi connectivity index (χ4n) is 0.950. The molecular formula is C8H8ClF3N2O. The molecule has 0 unspecified atom stereocenters. The fourth-order valence-corrected chi connectivity index (χ4v) is 1.16. The van der Waals surface area contributed by atoms with E-state index in [0.717, 1.165) is 0 Å². The molecule has 3 nitrogen and oxygen atoms in total. The average molecular weight is 241 g/mol. The van der Waals surface area contributed by atoms with Crippen molar-refractivity contribution in [2.45, 2.75) is 13.1 Å². The molecule has 84 valence electrons. The number of aromatic nitrogens is 1. The van der Waals surface area contributed by atoms with Crippen molar-refractivity contribution in [1.29, 1.82) is 0 Å². The maximum Gasteiger partial charge on any atom is 0.419 e. The summed E-state index contributed by atoms with van der Waals surface area (Å²) in [5.74, 6) is -0.736. The maximum absolute atomic E-state index is 12.3.